The number of nitrogens with zero attached hydrogens (tertiary/aromatic N) is 1. The van der Waals surface area contributed by atoms with Crippen LogP contribution >= 0.6 is 0 Å². The van der Waals surface area contributed by atoms with Gasteiger partial charge in [-0.15, -0.1) is 0 Å². The van der Waals surface area contributed by atoms with E-state index in [1.165, 1.54) is 12.8 Å². The van der Waals surface area contributed by atoms with Crippen LogP contribution in [-0.4, -0.2) is 56.2 Å². The van der Waals surface area contributed by atoms with Gasteiger partial charge in [-0.3, -0.25) is 4.79 Å². The Labute approximate surface area is 109 Å². The Morgan fingerprint density at radius 1 is 1.39 bits per heavy atom. The maximum absolute atomic E-state index is 11.9. The average Bonchev–Trinajstić information content (AvgIpc) is 2.78. The van der Waals surface area contributed by atoms with Gasteiger partial charge in [-0.1, -0.05) is 6.92 Å². The first kappa shape index (κ1) is 13.8. The second-order valence-corrected chi connectivity index (χ2v) is 5.62. The molecule has 5 nitrogen and oxygen atoms in total. The van der Waals surface area contributed by atoms with E-state index >= 15 is 0 Å². The van der Waals surface area contributed by atoms with Crippen molar-refractivity contribution < 1.29 is 9.53 Å². The van der Waals surface area contributed by atoms with Crippen molar-refractivity contribution in [2.45, 2.75) is 25.8 Å². The zero-order valence-electron chi connectivity index (χ0n) is 11.2. The molecule has 18 heavy (non-hydrogen) atoms. The second-order valence-electron chi connectivity index (χ2n) is 5.62. The molecule has 104 valence electrons. The van der Waals surface area contributed by atoms with Gasteiger partial charge in [-0.05, 0) is 31.8 Å². The molecular weight excluding hydrogens is 230 g/mol. The van der Waals surface area contributed by atoms with Gasteiger partial charge in [0, 0.05) is 19.1 Å². The zero-order valence-corrected chi connectivity index (χ0v) is 11.2. The molecule has 0 spiro atoms. The van der Waals surface area contributed by atoms with E-state index in [9.17, 15) is 4.79 Å². The van der Waals surface area contributed by atoms with Crippen LogP contribution in [0.1, 0.15) is 19.8 Å². The van der Waals surface area contributed by atoms with Crippen molar-refractivity contribution in [3.8, 4) is 0 Å². The lowest BCUT2D eigenvalue weighted by Gasteiger charge is -2.30. The summed E-state index contributed by atoms with van der Waals surface area (Å²) in [5, 5.41) is 2.97. The number of hydrogen-bond acceptors (Lipinski definition) is 4. The van der Waals surface area contributed by atoms with Crippen LogP contribution in [0.5, 0.6) is 0 Å². The topological polar surface area (TPSA) is 67.6 Å². The van der Waals surface area contributed by atoms with Crippen LogP contribution in [0, 0.1) is 11.8 Å². The molecule has 0 aromatic rings. The van der Waals surface area contributed by atoms with Gasteiger partial charge in [0.25, 0.3) is 0 Å². The van der Waals surface area contributed by atoms with Crippen LogP contribution in [0.15, 0.2) is 0 Å². The first-order valence-electron chi connectivity index (χ1n) is 7.00. The Morgan fingerprint density at radius 3 is 2.72 bits per heavy atom. The Bertz CT molecular complexity index is 277. The number of likely N-dealkylation sites (tertiary alicyclic amines) is 1. The monoisotopic (exact) mass is 255 g/mol. The van der Waals surface area contributed by atoms with Crippen molar-refractivity contribution in [3.63, 3.8) is 0 Å². The summed E-state index contributed by atoms with van der Waals surface area (Å²) >= 11 is 0. The lowest BCUT2D eigenvalue weighted by molar-refractivity contribution is -0.125. The van der Waals surface area contributed by atoms with Gasteiger partial charge in [0.1, 0.15) is 0 Å². The van der Waals surface area contributed by atoms with Gasteiger partial charge in [0.2, 0.25) is 5.91 Å². The van der Waals surface area contributed by atoms with Crippen LogP contribution in [0.3, 0.4) is 0 Å². The average molecular weight is 255 g/mol. The van der Waals surface area contributed by atoms with Gasteiger partial charge in [0.05, 0.1) is 19.1 Å². The number of ether oxygens (including phenoxy) is 1. The maximum Gasteiger partial charge on any atom is 0.227 e. The number of nitrogens with one attached hydrogen (secondary N) is 1. The minimum atomic E-state index is -0.161. The van der Waals surface area contributed by atoms with Crippen LogP contribution in [0.25, 0.3) is 0 Å². The van der Waals surface area contributed by atoms with E-state index in [2.05, 4.69) is 17.1 Å². The standard InChI is InChI=1S/C13H25N3O2/c1-10-2-5-16(6-3-10)7-4-15-13(17)11-8-18-9-12(11)14/h10-12H,2-9,14H2,1H3,(H,15,17). The van der Waals surface area contributed by atoms with Gasteiger partial charge in [-0.2, -0.15) is 0 Å². The molecule has 2 unspecified atom stereocenters. The SMILES string of the molecule is CC1CCN(CCNC(=O)C2COCC2N)CC1. The van der Waals surface area contributed by atoms with Crippen molar-refractivity contribution in [3.05, 3.63) is 0 Å². The number of amides is 1. The highest BCUT2D eigenvalue weighted by Crippen LogP contribution is 2.15. The zero-order chi connectivity index (χ0) is 13.0. The fourth-order valence-corrected chi connectivity index (χ4v) is 2.59. The minimum absolute atomic E-state index is 0.0466. The van der Waals surface area contributed by atoms with Crippen molar-refractivity contribution in [1.82, 2.24) is 10.2 Å². The number of carbonyl (C=O) groups excluding carboxylic acids is 1. The number of hydrogen-bond donors (Lipinski definition) is 2. The van der Waals surface area contributed by atoms with Gasteiger partial charge in [0.15, 0.2) is 0 Å². The first-order chi connectivity index (χ1) is 8.66. The number of piperidine rings is 1. The third kappa shape index (κ3) is 3.67. The van der Waals surface area contributed by atoms with E-state index in [1.807, 2.05) is 0 Å². The van der Waals surface area contributed by atoms with Crippen LogP contribution in [-0.2, 0) is 9.53 Å². The predicted octanol–water partition coefficient (Wildman–Crippen LogP) is -0.192. The van der Waals surface area contributed by atoms with E-state index < -0.39 is 0 Å². The summed E-state index contributed by atoms with van der Waals surface area (Å²) in [6.07, 6.45) is 2.55. The largest absolute Gasteiger partial charge is 0.379 e. The fraction of sp³-hybridized carbons (Fsp3) is 0.923. The fourth-order valence-electron chi connectivity index (χ4n) is 2.59. The van der Waals surface area contributed by atoms with E-state index in [0.717, 1.165) is 32.1 Å². The number of nitrogens with two attached hydrogens (primary N) is 1. The molecule has 0 aromatic carbocycles. The molecule has 0 aliphatic carbocycles. The third-order valence-corrected chi connectivity index (χ3v) is 4.06. The Balaban J connectivity index is 1.61. The molecule has 3 N–H and O–H groups in total. The van der Waals surface area contributed by atoms with Crippen molar-refractivity contribution in [1.29, 1.82) is 0 Å². The molecular formula is C13H25N3O2. The highest BCUT2D eigenvalue weighted by atomic mass is 16.5. The Morgan fingerprint density at radius 2 is 2.11 bits per heavy atom. The summed E-state index contributed by atoms with van der Waals surface area (Å²) < 4.78 is 5.20. The van der Waals surface area contributed by atoms with E-state index in [1.54, 1.807) is 0 Å². The summed E-state index contributed by atoms with van der Waals surface area (Å²) in [4.78, 5) is 14.3. The molecule has 0 aromatic heterocycles. The molecule has 5 heteroatoms. The van der Waals surface area contributed by atoms with Crippen molar-refractivity contribution >= 4 is 5.91 Å². The first-order valence-corrected chi connectivity index (χ1v) is 7.00. The lowest BCUT2D eigenvalue weighted by atomic mass is 9.99. The Kier molecular flexibility index (Phi) is 4.97. The quantitative estimate of drug-likeness (QED) is 0.730. The van der Waals surface area contributed by atoms with E-state index in [0.29, 0.717) is 13.2 Å². The van der Waals surface area contributed by atoms with Gasteiger partial charge < -0.3 is 20.7 Å². The molecule has 2 rings (SSSR count). The highest BCUT2D eigenvalue weighted by Gasteiger charge is 2.31. The van der Waals surface area contributed by atoms with Crippen molar-refractivity contribution in [2.24, 2.45) is 17.6 Å². The second kappa shape index (κ2) is 6.50. The summed E-state index contributed by atoms with van der Waals surface area (Å²) in [6, 6.07) is -0.138. The summed E-state index contributed by atoms with van der Waals surface area (Å²) in [5.74, 6) is 0.737. The molecule has 2 saturated heterocycles. The van der Waals surface area contributed by atoms with Crippen LogP contribution < -0.4 is 11.1 Å². The van der Waals surface area contributed by atoms with Crippen LogP contribution in [0.2, 0.25) is 0 Å². The maximum atomic E-state index is 11.9. The molecule has 0 saturated carbocycles. The Hall–Kier alpha value is -0.650. The van der Waals surface area contributed by atoms with Gasteiger partial charge in [-0.25, -0.2) is 0 Å². The van der Waals surface area contributed by atoms with Gasteiger partial charge >= 0.3 is 0 Å². The number of rotatable bonds is 4. The molecule has 2 heterocycles. The number of carbonyl (C=O) groups is 1. The van der Waals surface area contributed by atoms with Crippen molar-refractivity contribution in [2.75, 3.05) is 39.4 Å². The van der Waals surface area contributed by atoms with E-state index in [4.69, 9.17) is 10.5 Å². The molecule has 0 bridgehead atoms. The third-order valence-electron chi connectivity index (χ3n) is 4.06. The van der Waals surface area contributed by atoms with E-state index in [-0.39, 0.29) is 17.9 Å². The summed E-state index contributed by atoms with van der Waals surface area (Å²) in [5.41, 5.74) is 5.81. The molecule has 1 amide bonds. The highest BCUT2D eigenvalue weighted by molar-refractivity contribution is 5.79. The molecule has 0 radical (unpaired) electrons. The summed E-state index contributed by atoms with van der Waals surface area (Å²) in [7, 11) is 0. The smallest absolute Gasteiger partial charge is 0.227 e. The normalized spacial score (nSPS) is 30.6. The summed E-state index contributed by atoms with van der Waals surface area (Å²) in [6.45, 7) is 7.25. The lowest BCUT2D eigenvalue weighted by Crippen LogP contribution is -2.44. The molecule has 2 fully saturated rings. The molecule has 2 aliphatic rings. The predicted molar refractivity (Wildman–Crippen MR) is 70.1 cm³/mol. The van der Waals surface area contributed by atoms with Crippen LogP contribution in [0.4, 0.5) is 0 Å². The molecule has 2 atom stereocenters. The molecule has 2 aliphatic heterocycles. The minimum Gasteiger partial charge on any atom is -0.379 e.